The molecule has 8 heteroatoms. The number of anilines is 1. The zero-order valence-corrected chi connectivity index (χ0v) is 10.5. The highest BCUT2D eigenvalue weighted by atomic mass is 32.2. The third kappa shape index (κ3) is 5.16. The Balaban J connectivity index is 2.68. The highest BCUT2D eigenvalue weighted by molar-refractivity contribution is 7.99. The van der Waals surface area contributed by atoms with E-state index in [1.165, 1.54) is 11.8 Å². The Hall–Kier alpha value is -1.12. The van der Waals surface area contributed by atoms with E-state index in [-0.39, 0.29) is 30.4 Å². The number of aliphatic hydroxyl groups is 2. The van der Waals surface area contributed by atoms with E-state index in [1.807, 2.05) is 13.8 Å². The zero-order chi connectivity index (χ0) is 12.8. The van der Waals surface area contributed by atoms with Gasteiger partial charge in [0.05, 0.1) is 18.8 Å². The average molecular weight is 260 g/mol. The number of nitrogen functional groups attached to an aromatic ring is 1. The first-order valence-corrected chi connectivity index (χ1v) is 6.09. The van der Waals surface area contributed by atoms with Crippen LogP contribution in [0.25, 0.3) is 0 Å². The van der Waals surface area contributed by atoms with Gasteiger partial charge in [0.2, 0.25) is 5.95 Å². The van der Waals surface area contributed by atoms with Crippen molar-refractivity contribution in [2.24, 2.45) is 0 Å². The van der Waals surface area contributed by atoms with Crippen molar-refractivity contribution in [1.82, 2.24) is 15.0 Å². The second kappa shape index (κ2) is 6.58. The van der Waals surface area contributed by atoms with Gasteiger partial charge in [-0.05, 0) is 13.8 Å². The van der Waals surface area contributed by atoms with Crippen molar-refractivity contribution < 1.29 is 14.9 Å². The van der Waals surface area contributed by atoms with E-state index >= 15 is 0 Å². The number of hydrogen-bond acceptors (Lipinski definition) is 8. The molecule has 1 heterocycles. The first-order valence-electron chi connectivity index (χ1n) is 5.11. The number of aromatic nitrogens is 3. The van der Waals surface area contributed by atoms with Crippen LogP contribution in [-0.4, -0.2) is 49.7 Å². The van der Waals surface area contributed by atoms with Gasteiger partial charge >= 0.3 is 6.01 Å². The van der Waals surface area contributed by atoms with Crippen molar-refractivity contribution in [2.45, 2.75) is 31.2 Å². The lowest BCUT2D eigenvalue weighted by molar-refractivity contribution is 0.113. The Morgan fingerprint density at radius 2 is 2.06 bits per heavy atom. The third-order valence-corrected chi connectivity index (χ3v) is 2.56. The molecule has 1 rings (SSSR count). The molecule has 0 aromatic carbocycles. The fourth-order valence-corrected chi connectivity index (χ4v) is 1.65. The highest BCUT2D eigenvalue weighted by Crippen LogP contribution is 2.17. The van der Waals surface area contributed by atoms with E-state index < -0.39 is 6.10 Å². The summed E-state index contributed by atoms with van der Waals surface area (Å²) in [5, 5.41) is 18.2. The molecule has 96 valence electrons. The quantitative estimate of drug-likeness (QED) is 0.596. The molecule has 0 spiro atoms. The lowest BCUT2D eigenvalue weighted by Crippen LogP contribution is -2.15. The molecule has 0 radical (unpaired) electrons. The Morgan fingerprint density at radius 3 is 2.65 bits per heavy atom. The Labute approximate surface area is 103 Å². The van der Waals surface area contributed by atoms with Crippen LogP contribution in [-0.2, 0) is 0 Å². The van der Waals surface area contributed by atoms with Gasteiger partial charge in [-0.25, -0.2) is 0 Å². The van der Waals surface area contributed by atoms with Crippen LogP contribution in [0.15, 0.2) is 5.16 Å². The fraction of sp³-hybridized carbons (Fsp3) is 0.667. The predicted molar refractivity (Wildman–Crippen MR) is 63.8 cm³/mol. The first-order chi connectivity index (χ1) is 8.01. The van der Waals surface area contributed by atoms with Crippen LogP contribution in [0, 0.1) is 0 Å². The molecule has 4 N–H and O–H groups in total. The van der Waals surface area contributed by atoms with Crippen molar-refractivity contribution >= 4 is 17.7 Å². The highest BCUT2D eigenvalue weighted by Gasteiger charge is 2.10. The molecule has 0 bridgehead atoms. The molecule has 1 atom stereocenters. The van der Waals surface area contributed by atoms with Gasteiger partial charge in [0, 0.05) is 5.75 Å². The lowest BCUT2D eigenvalue weighted by atomic mass is 10.4. The molecule has 0 aliphatic rings. The molecule has 0 saturated carbocycles. The van der Waals surface area contributed by atoms with Crippen molar-refractivity contribution in [3.8, 4) is 6.01 Å². The van der Waals surface area contributed by atoms with Crippen molar-refractivity contribution in [3.63, 3.8) is 0 Å². The van der Waals surface area contributed by atoms with Crippen LogP contribution < -0.4 is 10.5 Å². The minimum Gasteiger partial charge on any atom is -0.461 e. The first kappa shape index (κ1) is 13.9. The van der Waals surface area contributed by atoms with E-state index in [0.717, 1.165) is 0 Å². The Bertz CT molecular complexity index is 364. The van der Waals surface area contributed by atoms with Crippen LogP contribution in [0.1, 0.15) is 13.8 Å². The molecular weight excluding hydrogens is 244 g/mol. The maximum atomic E-state index is 9.20. The molecule has 1 aromatic rings. The van der Waals surface area contributed by atoms with Crippen LogP contribution in [0.2, 0.25) is 0 Å². The second-order valence-electron chi connectivity index (χ2n) is 3.57. The number of nitrogens with two attached hydrogens (primary N) is 1. The van der Waals surface area contributed by atoms with E-state index in [9.17, 15) is 5.11 Å². The number of ether oxygens (including phenoxy) is 1. The summed E-state index contributed by atoms with van der Waals surface area (Å²) in [6.07, 6.45) is -0.870. The monoisotopic (exact) mass is 260 g/mol. The number of rotatable bonds is 6. The molecule has 0 amide bonds. The predicted octanol–water partition coefficient (Wildman–Crippen LogP) is -0.314. The number of aliphatic hydroxyl groups excluding tert-OH is 2. The van der Waals surface area contributed by atoms with Gasteiger partial charge in [-0.2, -0.15) is 15.0 Å². The largest absolute Gasteiger partial charge is 0.461 e. The summed E-state index contributed by atoms with van der Waals surface area (Å²) in [6.45, 7) is 3.40. The summed E-state index contributed by atoms with van der Waals surface area (Å²) in [7, 11) is 0. The Morgan fingerprint density at radius 1 is 1.35 bits per heavy atom. The summed E-state index contributed by atoms with van der Waals surface area (Å²) < 4.78 is 5.30. The molecular formula is C9H16N4O3S. The minimum atomic E-state index is -0.813. The smallest absolute Gasteiger partial charge is 0.322 e. The van der Waals surface area contributed by atoms with E-state index in [1.54, 1.807) is 0 Å². The molecule has 17 heavy (non-hydrogen) atoms. The van der Waals surface area contributed by atoms with Crippen LogP contribution in [0.4, 0.5) is 5.95 Å². The van der Waals surface area contributed by atoms with E-state index in [0.29, 0.717) is 5.16 Å². The topological polar surface area (TPSA) is 114 Å². The maximum Gasteiger partial charge on any atom is 0.322 e. The molecule has 7 nitrogen and oxygen atoms in total. The van der Waals surface area contributed by atoms with Crippen molar-refractivity contribution in [2.75, 3.05) is 18.1 Å². The SMILES string of the molecule is CC(C)Oc1nc(N)nc(SCC(O)CO)n1. The summed E-state index contributed by atoms with van der Waals surface area (Å²) in [4.78, 5) is 11.7. The zero-order valence-electron chi connectivity index (χ0n) is 9.70. The summed E-state index contributed by atoms with van der Waals surface area (Å²) in [5.41, 5.74) is 5.51. The molecule has 1 unspecified atom stereocenters. The van der Waals surface area contributed by atoms with E-state index in [4.69, 9.17) is 15.6 Å². The second-order valence-corrected chi connectivity index (χ2v) is 4.56. The number of hydrogen-bond donors (Lipinski definition) is 3. The summed E-state index contributed by atoms with van der Waals surface area (Å²) in [6, 6.07) is 0.161. The van der Waals surface area contributed by atoms with Gasteiger partial charge in [-0.1, -0.05) is 11.8 Å². The standard InChI is InChI=1S/C9H16N4O3S/c1-5(2)16-8-11-7(10)12-9(13-8)17-4-6(15)3-14/h5-6,14-15H,3-4H2,1-2H3,(H2,10,11,12,13). The van der Waals surface area contributed by atoms with Crippen molar-refractivity contribution in [1.29, 1.82) is 0 Å². The van der Waals surface area contributed by atoms with Gasteiger partial charge in [0.1, 0.15) is 0 Å². The Kier molecular flexibility index (Phi) is 5.39. The molecule has 0 saturated heterocycles. The number of thioether (sulfide) groups is 1. The molecule has 0 aliphatic carbocycles. The van der Waals surface area contributed by atoms with Crippen molar-refractivity contribution in [3.05, 3.63) is 0 Å². The van der Waals surface area contributed by atoms with E-state index in [2.05, 4.69) is 15.0 Å². The van der Waals surface area contributed by atoms with Gasteiger partial charge in [-0.15, -0.1) is 0 Å². The normalized spacial score (nSPS) is 12.8. The summed E-state index contributed by atoms with van der Waals surface area (Å²) in [5.74, 6) is 0.345. The van der Waals surface area contributed by atoms with Gasteiger partial charge in [-0.3, -0.25) is 0 Å². The van der Waals surface area contributed by atoms with Crippen LogP contribution >= 0.6 is 11.8 Å². The molecule has 1 aromatic heterocycles. The van der Waals surface area contributed by atoms with Crippen LogP contribution in [0.3, 0.4) is 0 Å². The van der Waals surface area contributed by atoms with Gasteiger partial charge in [0.15, 0.2) is 5.16 Å². The average Bonchev–Trinajstić information content (AvgIpc) is 2.24. The maximum absolute atomic E-state index is 9.20. The van der Waals surface area contributed by atoms with Gasteiger partial charge in [0.25, 0.3) is 0 Å². The molecule has 0 fully saturated rings. The minimum absolute atomic E-state index is 0.0577. The number of nitrogens with zero attached hydrogens (tertiary/aromatic N) is 3. The molecule has 0 aliphatic heterocycles. The lowest BCUT2D eigenvalue weighted by Gasteiger charge is -2.09. The van der Waals surface area contributed by atoms with Crippen LogP contribution in [0.5, 0.6) is 6.01 Å². The third-order valence-electron chi connectivity index (χ3n) is 1.57. The van der Waals surface area contributed by atoms with Gasteiger partial charge < -0.3 is 20.7 Å². The summed E-state index contributed by atoms with van der Waals surface area (Å²) >= 11 is 1.18. The fourth-order valence-electron chi connectivity index (χ4n) is 0.904.